The van der Waals surface area contributed by atoms with E-state index in [9.17, 15) is 19.2 Å². The summed E-state index contributed by atoms with van der Waals surface area (Å²) in [6, 6.07) is 0. The van der Waals surface area contributed by atoms with Crippen LogP contribution in [0.15, 0.2) is 0 Å². The third-order valence-electron chi connectivity index (χ3n) is 2.49. The van der Waals surface area contributed by atoms with Crippen LogP contribution < -0.4 is 0 Å². The van der Waals surface area contributed by atoms with Gasteiger partial charge in [0.05, 0.1) is 19.3 Å². The van der Waals surface area contributed by atoms with Crippen molar-refractivity contribution in [3.8, 4) is 0 Å². The number of hydrogen-bond acceptors (Lipinski definition) is 5. The number of Topliss-reactive ketones (excluding diaryl/α,β-unsaturated/α-hetero) is 3. The van der Waals surface area contributed by atoms with Gasteiger partial charge in [0.1, 0.15) is 17.3 Å². The number of hydrogen-bond donors (Lipinski definition) is 0. The van der Waals surface area contributed by atoms with Crippen molar-refractivity contribution in [2.45, 2.75) is 58.8 Å². The molecule has 0 aliphatic heterocycles. The molecule has 5 heteroatoms. The second-order valence-electron chi connectivity index (χ2n) is 4.41. The molecule has 0 spiro atoms. The minimum Gasteiger partial charge on any atom is -0.299 e. The van der Waals surface area contributed by atoms with E-state index in [-0.39, 0.29) is 35.9 Å². The van der Waals surface area contributed by atoms with Gasteiger partial charge in [0, 0.05) is 6.42 Å². The lowest BCUT2D eigenvalue weighted by Crippen LogP contribution is -2.14. The Bertz CT molecular complexity index is 336. The van der Waals surface area contributed by atoms with Crippen molar-refractivity contribution in [2.75, 3.05) is 5.75 Å². The van der Waals surface area contributed by atoms with Crippen molar-refractivity contribution in [1.29, 1.82) is 0 Å². The van der Waals surface area contributed by atoms with Gasteiger partial charge in [0.15, 0.2) is 5.12 Å². The fraction of sp³-hybridized carbons (Fsp3) is 0.714. The first-order chi connectivity index (χ1) is 8.99. The van der Waals surface area contributed by atoms with Crippen LogP contribution in [-0.4, -0.2) is 28.2 Å². The van der Waals surface area contributed by atoms with E-state index in [0.717, 1.165) is 31.0 Å². The molecule has 0 rings (SSSR count). The molecule has 0 aromatic rings. The molecule has 0 amide bonds. The third-order valence-corrected chi connectivity index (χ3v) is 3.25. The number of thioether (sulfide) groups is 1. The summed E-state index contributed by atoms with van der Waals surface area (Å²) in [6.45, 7) is 3.87. The lowest BCUT2D eigenvalue weighted by molar-refractivity contribution is -0.130. The molecular formula is C14H22O4S. The van der Waals surface area contributed by atoms with Gasteiger partial charge in [-0.2, -0.15) is 0 Å². The maximum absolute atomic E-state index is 11.5. The molecule has 108 valence electrons. The highest BCUT2D eigenvalue weighted by molar-refractivity contribution is 8.13. The fourth-order valence-electron chi connectivity index (χ4n) is 1.60. The summed E-state index contributed by atoms with van der Waals surface area (Å²) in [5, 5.41) is -0.213. The highest BCUT2D eigenvalue weighted by atomic mass is 32.2. The summed E-state index contributed by atoms with van der Waals surface area (Å²) < 4.78 is 0. The van der Waals surface area contributed by atoms with Crippen LogP contribution in [0.1, 0.15) is 58.8 Å². The van der Waals surface area contributed by atoms with E-state index in [2.05, 4.69) is 0 Å². The zero-order valence-corrected chi connectivity index (χ0v) is 12.5. The Labute approximate surface area is 118 Å². The van der Waals surface area contributed by atoms with Crippen LogP contribution in [0.2, 0.25) is 0 Å². The summed E-state index contributed by atoms with van der Waals surface area (Å²) in [5.41, 5.74) is 0. The number of unbranched alkanes of at least 4 members (excludes halogenated alkanes) is 2. The molecule has 0 bridgehead atoms. The minimum atomic E-state index is -0.391. The number of rotatable bonds is 11. The Balaban J connectivity index is 3.87. The predicted octanol–water partition coefficient (Wildman–Crippen LogP) is 2.72. The summed E-state index contributed by atoms with van der Waals surface area (Å²) in [5.74, 6) is -0.255. The van der Waals surface area contributed by atoms with Crippen LogP contribution in [0.25, 0.3) is 0 Å². The van der Waals surface area contributed by atoms with Crippen molar-refractivity contribution in [1.82, 2.24) is 0 Å². The number of carbonyl (C=O) groups is 4. The molecule has 0 radical (unpaired) electrons. The quantitative estimate of drug-likeness (QED) is 0.431. The highest BCUT2D eigenvalue weighted by Crippen LogP contribution is 2.08. The smallest absolute Gasteiger partial charge is 0.196 e. The van der Waals surface area contributed by atoms with E-state index >= 15 is 0 Å². The molecule has 0 atom stereocenters. The van der Waals surface area contributed by atoms with E-state index in [1.165, 1.54) is 0 Å². The minimum absolute atomic E-state index is 0.111. The van der Waals surface area contributed by atoms with E-state index in [4.69, 9.17) is 0 Å². The first-order valence-corrected chi connectivity index (χ1v) is 7.68. The van der Waals surface area contributed by atoms with Gasteiger partial charge < -0.3 is 0 Å². The van der Waals surface area contributed by atoms with Crippen molar-refractivity contribution in [2.24, 2.45) is 0 Å². The topological polar surface area (TPSA) is 68.3 Å². The molecule has 0 saturated carbocycles. The SMILES string of the molecule is CCCCCC(=O)CC(=O)CC(=O)CC(=O)SCC. The number of ketones is 3. The fourth-order valence-corrected chi connectivity index (χ4v) is 2.18. The van der Waals surface area contributed by atoms with Crippen molar-refractivity contribution < 1.29 is 19.2 Å². The van der Waals surface area contributed by atoms with Crippen LogP contribution >= 0.6 is 11.8 Å². The summed E-state index contributed by atoms with van der Waals surface area (Å²) >= 11 is 1.08. The lowest BCUT2D eigenvalue weighted by atomic mass is 10.0. The zero-order valence-electron chi connectivity index (χ0n) is 11.7. The van der Waals surface area contributed by atoms with Gasteiger partial charge >= 0.3 is 0 Å². The third kappa shape index (κ3) is 10.6. The van der Waals surface area contributed by atoms with Crippen molar-refractivity contribution in [3.63, 3.8) is 0 Å². The summed E-state index contributed by atoms with van der Waals surface area (Å²) in [4.78, 5) is 45.5. The lowest BCUT2D eigenvalue weighted by Gasteiger charge is -2.01. The molecule has 0 unspecified atom stereocenters. The zero-order chi connectivity index (χ0) is 14.7. The monoisotopic (exact) mass is 286 g/mol. The molecule has 0 saturated heterocycles. The highest BCUT2D eigenvalue weighted by Gasteiger charge is 2.16. The molecule has 19 heavy (non-hydrogen) atoms. The first kappa shape index (κ1) is 18.0. The predicted molar refractivity (Wildman–Crippen MR) is 76.2 cm³/mol. The van der Waals surface area contributed by atoms with Crippen LogP contribution in [0, 0.1) is 0 Å². The van der Waals surface area contributed by atoms with E-state index in [1.54, 1.807) is 0 Å². The largest absolute Gasteiger partial charge is 0.299 e. The second kappa shape index (κ2) is 10.9. The van der Waals surface area contributed by atoms with Gasteiger partial charge in [-0.1, -0.05) is 38.5 Å². The van der Waals surface area contributed by atoms with Crippen LogP contribution in [0.4, 0.5) is 0 Å². The van der Waals surface area contributed by atoms with Crippen molar-refractivity contribution >= 4 is 34.2 Å². The standard InChI is InChI=1S/C14H22O4S/c1-3-5-6-7-11(15)8-12(16)9-13(17)10-14(18)19-4-2/h3-10H2,1-2H3. The molecule has 0 aromatic heterocycles. The number of carbonyl (C=O) groups excluding carboxylic acids is 4. The second-order valence-corrected chi connectivity index (χ2v) is 5.73. The maximum Gasteiger partial charge on any atom is 0.196 e. The molecule has 0 N–H and O–H groups in total. The Kier molecular flexibility index (Phi) is 10.4. The Morgan fingerprint density at radius 3 is 1.95 bits per heavy atom. The van der Waals surface area contributed by atoms with Gasteiger partial charge in [-0.25, -0.2) is 0 Å². The van der Waals surface area contributed by atoms with Gasteiger partial charge in [-0.05, 0) is 12.2 Å². The van der Waals surface area contributed by atoms with Gasteiger partial charge in [0.2, 0.25) is 0 Å². The maximum atomic E-state index is 11.5. The Hall–Kier alpha value is -0.970. The molecule has 0 heterocycles. The first-order valence-electron chi connectivity index (χ1n) is 6.70. The van der Waals surface area contributed by atoms with Crippen LogP contribution in [-0.2, 0) is 19.2 Å². The van der Waals surface area contributed by atoms with Crippen LogP contribution in [0.5, 0.6) is 0 Å². The molecule has 0 fully saturated rings. The van der Waals surface area contributed by atoms with Gasteiger partial charge in [-0.3, -0.25) is 19.2 Å². The molecule has 4 nitrogen and oxygen atoms in total. The molecule has 0 aliphatic carbocycles. The molecular weight excluding hydrogens is 264 g/mol. The molecule has 0 aromatic carbocycles. The molecule has 0 aliphatic rings. The Morgan fingerprint density at radius 2 is 1.37 bits per heavy atom. The van der Waals surface area contributed by atoms with Gasteiger partial charge in [-0.15, -0.1) is 0 Å². The van der Waals surface area contributed by atoms with Gasteiger partial charge in [0.25, 0.3) is 0 Å². The van der Waals surface area contributed by atoms with Crippen LogP contribution in [0.3, 0.4) is 0 Å². The van der Waals surface area contributed by atoms with Crippen molar-refractivity contribution in [3.05, 3.63) is 0 Å². The summed E-state index contributed by atoms with van der Waals surface area (Å²) in [6.07, 6.45) is 2.51. The van der Waals surface area contributed by atoms with E-state index in [0.29, 0.717) is 12.2 Å². The average Bonchev–Trinajstić information content (AvgIpc) is 2.28. The summed E-state index contributed by atoms with van der Waals surface area (Å²) in [7, 11) is 0. The average molecular weight is 286 g/mol. The van der Waals surface area contributed by atoms with E-state index < -0.39 is 5.78 Å². The Morgan fingerprint density at radius 1 is 0.789 bits per heavy atom. The van der Waals surface area contributed by atoms with E-state index in [1.807, 2.05) is 13.8 Å². The normalized spacial score (nSPS) is 10.2.